The maximum atomic E-state index is 12.0. The third-order valence-corrected chi connectivity index (χ3v) is 3.21. The lowest BCUT2D eigenvalue weighted by Crippen LogP contribution is -2.24. The van der Waals surface area contributed by atoms with E-state index in [0.717, 1.165) is 5.56 Å². The van der Waals surface area contributed by atoms with Gasteiger partial charge in [-0.1, -0.05) is 19.1 Å². The van der Waals surface area contributed by atoms with Gasteiger partial charge < -0.3 is 5.11 Å². The maximum Gasteiger partial charge on any atom is 0.169 e. The summed E-state index contributed by atoms with van der Waals surface area (Å²) < 4.78 is 0. The van der Waals surface area contributed by atoms with Gasteiger partial charge in [-0.25, -0.2) is 0 Å². The highest BCUT2D eigenvalue weighted by molar-refractivity contribution is 6.03. The molecule has 0 heterocycles. The van der Waals surface area contributed by atoms with Crippen LogP contribution in [0.3, 0.4) is 0 Å². The third kappa shape index (κ3) is 1.52. The number of nitriles is 1. The lowest BCUT2D eigenvalue weighted by Gasteiger charge is -2.13. The number of ketones is 1. The van der Waals surface area contributed by atoms with E-state index in [1.165, 1.54) is 0 Å². The number of aliphatic hydroxyl groups is 1. The van der Waals surface area contributed by atoms with E-state index in [1.807, 2.05) is 6.92 Å². The molecule has 3 nitrogen and oxygen atoms in total. The minimum absolute atomic E-state index is 0.0264. The molecule has 1 N–H and O–H groups in total. The molecule has 16 heavy (non-hydrogen) atoms. The predicted molar refractivity (Wildman–Crippen MR) is 59.0 cm³/mol. The summed E-state index contributed by atoms with van der Waals surface area (Å²) in [6.07, 6.45) is 0.450. The Morgan fingerprint density at radius 1 is 1.62 bits per heavy atom. The average molecular weight is 215 g/mol. The van der Waals surface area contributed by atoms with Crippen molar-refractivity contribution in [3.8, 4) is 6.07 Å². The van der Waals surface area contributed by atoms with Gasteiger partial charge in [-0.05, 0) is 24.5 Å². The molecular weight excluding hydrogens is 202 g/mol. The summed E-state index contributed by atoms with van der Waals surface area (Å²) >= 11 is 0. The Bertz CT molecular complexity index is 473. The van der Waals surface area contributed by atoms with E-state index in [4.69, 9.17) is 5.26 Å². The van der Waals surface area contributed by atoms with Crippen LogP contribution in [0.15, 0.2) is 18.2 Å². The Labute approximate surface area is 94.3 Å². The fourth-order valence-electron chi connectivity index (χ4n) is 2.25. The first-order valence-corrected chi connectivity index (χ1v) is 5.43. The van der Waals surface area contributed by atoms with Crippen LogP contribution in [-0.4, -0.2) is 17.0 Å². The van der Waals surface area contributed by atoms with Crippen LogP contribution in [0, 0.1) is 17.2 Å². The Balaban J connectivity index is 2.42. The van der Waals surface area contributed by atoms with E-state index in [0.29, 0.717) is 24.0 Å². The highest BCUT2D eigenvalue weighted by Crippen LogP contribution is 2.31. The van der Waals surface area contributed by atoms with Crippen molar-refractivity contribution in [1.29, 1.82) is 5.26 Å². The van der Waals surface area contributed by atoms with Gasteiger partial charge in [0, 0.05) is 5.56 Å². The minimum Gasteiger partial charge on any atom is -0.392 e. The first kappa shape index (κ1) is 10.8. The van der Waals surface area contributed by atoms with Gasteiger partial charge in [0.15, 0.2) is 5.78 Å². The molecule has 2 atom stereocenters. The van der Waals surface area contributed by atoms with Gasteiger partial charge in [-0.3, -0.25) is 4.79 Å². The summed E-state index contributed by atoms with van der Waals surface area (Å²) in [6, 6.07) is 7.26. The quantitative estimate of drug-likeness (QED) is 0.816. The fraction of sp³-hybridized carbons (Fsp3) is 0.385. The van der Waals surface area contributed by atoms with Crippen molar-refractivity contribution in [2.24, 2.45) is 5.92 Å². The van der Waals surface area contributed by atoms with Gasteiger partial charge >= 0.3 is 0 Å². The molecule has 0 spiro atoms. The molecule has 1 aromatic carbocycles. The van der Waals surface area contributed by atoms with Crippen LogP contribution < -0.4 is 0 Å². The number of Topliss-reactive ketones (excluding diaryl/α,β-unsaturated/α-hetero) is 1. The van der Waals surface area contributed by atoms with Gasteiger partial charge in [-0.2, -0.15) is 5.26 Å². The molecule has 0 saturated carbocycles. The number of fused-ring (bicyclic) bond motifs is 1. The van der Waals surface area contributed by atoms with E-state index >= 15 is 0 Å². The second-order valence-electron chi connectivity index (χ2n) is 4.09. The molecular formula is C13H13NO2. The Morgan fingerprint density at radius 3 is 3.00 bits per heavy atom. The topological polar surface area (TPSA) is 61.1 Å². The molecule has 2 unspecified atom stereocenters. The molecule has 1 aliphatic carbocycles. The zero-order valence-electron chi connectivity index (χ0n) is 9.10. The lowest BCUT2D eigenvalue weighted by molar-refractivity contribution is 0.0700. The first-order valence-electron chi connectivity index (χ1n) is 5.43. The van der Waals surface area contributed by atoms with Crippen molar-refractivity contribution in [3.63, 3.8) is 0 Å². The Kier molecular flexibility index (Phi) is 2.76. The number of carbonyl (C=O) groups excluding carboxylic acids is 1. The van der Waals surface area contributed by atoms with Crippen molar-refractivity contribution in [1.82, 2.24) is 0 Å². The molecule has 0 saturated heterocycles. The van der Waals surface area contributed by atoms with E-state index in [2.05, 4.69) is 6.07 Å². The molecule has 0 fully saturated rings. The standard InChI is InChI=1S/C13H13NO2/c1-2-12(15)11-6-10-8(7-14)4-3-5-9(10)13(11)16/h3-5,11-12,15H,2,6H2,1H3. The molecule has 82 valence electrons. The van der Waals surface area contributed by atoms with E-state index < -0.39 is 6.10 Å². The number of carbonyl (C=O) groups is 1. The Hall–Kier alpha value is -1.66. The molecule has 3 heteroatoms. The van der Waals surface area contributed by atoms with Crippen LogP contribution in [0.4, 0.5) is 0 Å². The molecule has 0 aliphatic heterocycles. The van der Waals surface area contributed by atoms with Gasteiger partial charge in [-0.15, -0.1) is 0 Å². The normalized spacial score (nSPS) is 20.3. The van der Waals surface area contributed by atoms with Gasteiger partial charge in [0.1, 0.15) is 0 Å². The summed E-state index contributed by atoms with van der Waals surface area (Å²) in [5.41, 5.74) is 1.96. The van der Waals surface area contributed by atoms with Crippen LogP contribution in [0.2, 0.25) is 0 Å². The highest BCUT2D eigenvalue weighted by Gasteiger charge is 2.35. The number of nitrogens with zero attached hydrogens (tertiary/aromatic N) is 1. The second kappa shape index (κ2) is 4.07. The smallest absolute Gasteiger partial charge is 0.169 e. The number of rotatable bonds is 2. The van der Waals surface area contributed by atoms with Crippen LogP contribution in [0.5, 0.6) is 0 Å². The molecule has 0 bridgehead atoms. The second-order valence-corrected chi connectivity index (χ2v) is 4.09. The van der Waals surface area contributed by atoms with Crippen LogP contribution in [-0.2, 0) is 6.42 Å². The molecule has 0 amide bonds. The molecule has 2 rings (SSSR count). The number of hydrogen-bond acceptors (Lipinski definition) is 3. The monoisotopic (exact) mass is 215 g/mol. The van der Waals surface area contributed by atoms with E-state index in [1.54, 1.807) is 18.2 Å². The predicted octanol–water partition coefficient (Wildman–Crippen LogP) is 1.68. The Morgan fingerprint density at radius 2 is 2.38 bits per heavy atom. The molecule has 0 radical (unpaired) electrons. The van der Waals surface area contributed by atoms with Crippen LogP contribution in [0.25, 0.3) is 0 Å². The van der Waals surface area contributed by atoms with E-state index in [-0.39, 0.29) is 11.7 Å². The van der Waals surface area contributed by atoms with Crippen molar-refractivity contribution >= 4 is 5.78 Å². The zero-order chi connectivity index (χ0) is 11.7. The highest BCUT2D eigenvalue weighted by atomic mass is 16.3. The summed E-state index contributed by atoms with van der Waals surface area (Å²) in [5.74, 6) is -0.393. The maximum absolute atomic E-state index is 12.0. The first-order chi connectivity index (χ1) is 7.69. The number of benzene rings is 1. The number of aliphatic hydroxyl groups excluding tert-OH is 1. The summed E-state index contributed by atoms with van der Waals surface area (Å²) in [6.45, 7) is 1.85. The van der Waals surface area contributed by atoms with Gasteiger partial charge in [0.05, 0.1) is 23.7 Å². The van der Waals surface area contributed by atoms with Crippen molar-refractivity contribution in [2.75, 3.05) is 0 Å². The van der Waals surface area contributed by atoms with Gasteiger partial charge in [0.25, 0.3) is 0 Å². The fourth-order valence-corrected chi connectivity index (χ4v) is 2.25. The summed E-state index contributed by atoms with van der Waals surface area (Å²) in [4.78, 5) is 12.0. The summed E-state index contributed by atoms with van der Waals surface area (Å²) in [7, 11) is 0. The van der Waals surface area contributed by atoms with Crippen molar-refractivity contribution in [3.05, 3.63) is 34.9 Å². The van der Waals surface area contributed by atoms with Crippen LogP contribution in [0.1, 0.15) is 34.8 Å². The largest absolute Gasteiger partial charge is 0.392 e. The zero-order valence-corrected chi connectivity index (χ0v) is 9.10. The number of hydrogen-bond donors (Lipinski definition) is 1. The lowest BCUT2D eigenvalue weighted by atomic mass is 9.96. The summed E-state index contributed by atoms with van der Waals surface area (Å²) in [5, 5.41) is 18.7. The van der Waals surface area contributed by atoms with Crippen LogP contribution >= 0.6 is 0 Å². The third-order valence-electron chi connectivity index (χ3n) is 3.21. The SMILES string of the molecule is CCC(O)C1Cc2c(C#N)cccc2C1=O. The average Bonchev–Trinajstić information content (AvgIpc) is 2.66. The van der Waals surface area contributed by atoms with Crippen molar-refractivity contribution in [2.45, 2.75) is 25.9 Å². The van der Waals surface area contributed by atoms with E-state index in [9.17, 15) is 9.90 Å². The molecule has 1 aliphatic rings. The molecule has 1 aromatic rings. The van der Waals surface area contributed by atoms with Crippen molar-refractivity contribution < 1.29 is 9.90 Å². The van der Waals surface area contributed by atoms with Gasteiger partial charge in [0.2, 0.25) is 0 Å². The molecule has 0 aromatic heterocycles. The minimum atomic E-state index is -0.605.